The maximum Gasteiger partial charge on any atom is 4.00 e. The van der Waals surface area contributed by atoms with Gasteiger partial charge in [0.2, 0.25) is 0 Å². The average molecular weight is 722 g/mol. The largest absolute Gasteiger partial charge is 4.00 e. The molecule has 0 saturated heterocycles. The molecule has 0 spiro atoms. The second kappa shape index (κ2) is 27.0. The van der Waals surface area contributed by atoms with Crippen molar-refractivity contribution in [2.24, 2.45) is 0 Å². The predicted molar refractivity (Wildman–Crippen MR) is 75.8 cm³/mol. The van der Waals surface area contributed by atoms with E-state index in [0.717, 1.165) is 12.8 Å². The van der Waals surface area contributed by atoms with Gasteiger partial charge >= 0.3 is 48.2 Å². The molecule has 0 unspecified atom stereocenters. The molecule has 0 aliphatic heterocycles. The molecular formula is C13H31Cl2N3O2Pt2+6. The number of hydrogen-bond acceptors (Lipinski definition) is 3. The van der Waals surface area contributed by atoms with Crippen LogP contribution < -0.4 is 42.4 Å². The zero-order valence-electron chi connectivity index (χ0n) is 13.0. The van der Waals surface area contributed by atoms with E-state index in [1.807, 2.05) is 0 Å². The first-order valence-corrected chi connectivity index (χ1v) is 6.78. The molecule has 1 aliphatic carbocycles. The number of carboxylic acid groups (broad SMARTS) is 1. The zero-order chi connectivity index (χ0) is 11.6. The molecule has 138 valence electrons. The van der Waals surface area contributed by atoms with Crippen LogP contribution >= 0.6 is 0 Å². The van der Waals surface area contributed by atoms with Crippen LogP contribution in [-0.4, -0.2) is 17.2 Å². The van der Waals surface area contributed by atoms with Crippen molar-refractivity contribution in [3.8, 4) is 0 Å². The molecule has 22 heavy (non-hydrogen) atoms. The molecule has 0 radical (unpaired) electrons. The van der Waals surface area contributed by atoms with Gasteiger partial charge in [-0.25, -0.2) is 4.79 Å². The molecule has 0 heterocycles. The minimum Gasteiger partial charge on any atom is -1.00 e. The topological polar surface area (TPSA) is 119 Å². The Morgan fingerprint density at radius 1 is 0.727 bits per heavy atom. The maximum atomic E-state index is 10.6. The Bertz CT molecular complexity index is 208. The smallest absolute Gasteiger partial charge is 1.00 e. The van der Waals surface area contributed by atoms with E-state index in [9.17, 15) is 4.79 Å². The quantitative estimate of drug-likeness (QED) is 0.257. The SMILES string of the molecule is N.N.O=C(O)NC1CCCCCCCCCCC1.[Cl-].[Cl-].[Pt+4].[Pt+4]. The Balaban J connectivity index is -0.000000107. The zero-order valence-corrected chi connectivity index (χ0v) is 19.1. The Labute approximate surface area is 176 Å². The van der Waals surface area contributed by atoms with Crippen molar-refractivity contribution in [3.63, 3.8) is 0 Å². The first-order valence-electron chi connectivity index (χ1n) is 6.78. The summed E-state index contributed by atoms with van der Waals surface area (Å²) in [5, 5.41) is 11.4. The average Bonchev–Trinajstić information content (AvgIpc) is 2.21. The number of nitrogens with one attached hydrogen (secondary N) is 1. The molecule has 9 heteroatoms. The van der Waals surface area contributed by atoms with E-state index in [0.29, 0.717) is 0 Å². The number of rotatable bonds is 1. The number of hydrogen-bond donors (Lipinski definition) is 4. The van der Waals surface area contributed by atoms with E-state index in [1.165, 1.54) is 57.8 Å². The number of halogens is 2. The molecule has 0 aromatic heterocycles. The van der Waals surface area contributed by atoms with Gasteiger partial charge in [0, 0.05) is 6.04 Å². The normalized spacial score (nSPS) is 15.8. The van der Waals surface area contributed by atoms with Gasteiger partial charge < -0.3 is 47.5 Å². The van der Waals surface area contributed by atoms with E-state index in [1.54, 1.807) is 0 Å². The first-order chi connectivity index (χ1) is 7.79. The monoisotopic (exact) mass is 721 g/mol. The fourth-order valence-corrected chi connectivity index (χ4v) is 2.48. The molecule has 0 bridgehead atoms. The van der Waals surface area contributed by atoms with Gasteiger partial charge in [-0.15, -0.1) is 0 Å². The van der Waals surface area contributed by atoms with Crippen molar-refractivity contribution in [2.45, 2.75) is 76.7 Å². The molecule has 1 saturated carbocycles. The maximum absolute atomic E-state index is 10.6. The Morgan fingerprint density at radius 3 is 1.27 bits per heavy atom. The van der Waals surface area contributed by atoms with Gasteiger partial charge in [-0.1, -0.05) is 57.8 Å². The molecule has 0 aromatic carbocycles. The summed E-state index contributed by atoms with van der Waals surface area (Å²) < 4.78 is 0. The van der Waals surface area contributed by atoms with Crippen LogP contribution in [-0.2, 0) is 42.1 Å². The Morgan fingerprint density at radius 2 is 1.00 bits per heavy atom. The predicted octanol–water partition coefficient (Wildman–Crippen LogP) is -1.75. The molecule has 0 aromatic rings. The van der Waals surface area contributed by atoms with Crippen molar-refractivity contribution in [3.05, 3.63) is 0 Å². The minimum atomic E-state index is -0.864. The van der Waals surface area contributed by atoms with Gasteiger partial charge in [0.1, 0.15) is 0 Å². The molecule has 1 aliphatic rings. The Hall–Kier alpha value is 1.15. The van der Waals surface area contributed by atoms with Crippen LogP contribution in [0.3, 0.4) is 0 Å². The van der Waals surface area contributed by atoms with E-state index in [2.05, 4.69) is 5.32 Å². The summed E-state index contributed by atoms with van der Waals surface area (Å²) in [5.41, 5.74) is 0. The summed E-state index contributed by atoms with van der Waals surface area (Å²) >= 11 is 0. The van der Waals surface area contributed by atoms with Crippen LogP contribution in [0.2, 0.25) is 0 Å². The first kappa shape index (κ1) is 38.6. The van der Waals surface area contributed by atoms with Crippen molar-refractivity contribution in [2.75, 3.05) is 0 Å². The second-order valence-electron chi connectivity index (χ2n) is 4.91. The molecular weight excluding hydrogens is 691 g/mol. The summed E-state index contributed by atoms with van der Waals surface area (Å²) in [7, 11) is 0. The summed E-state index contributed by atoms with van der Waals surface area (Å²) in [6.45, 7) is 0. The summed E-state index contributed by atoms with van der Waals surface area (Å²) in [6.07, 6.45) is 12.8. The van der Waals surface area contributed by atoms with Gasteiger partial charge in [0.25, 0.3) is 0 Å². The molecule has 1 fully saturated rings. The van der Waals surface area contributed by atoms with Gasteiger partial charge in [0.15, 0.2) is 0 Å². The third-order valence-electron chi connectivity index (χ3n) is 3.43. The van der Waals surface area contributed by atoms with Crippen molar-refractivity contribution in [1.29, 1.82) is 0 Å². The van der Waals surface area contributed by atoms with Crippen LogP contribution in [0.15, 0.2) is 0 Å². The fraction of sp³-hybridized carbons (Fsp3) is 0.923. The molecule has 8 N–H and O–H groups in total. The van der Waals surface area contributed by atoms with Gasteiger partial charge in [-0.3, -0.25) is 0 Å². The molecule has 1 rings (SSSR count). The van der Waals surface area contributed by atoms with Crippen molar-refractivity contribution in [1.82, 2.24) is 17.6 Å². The Kier molecular flexibility index (Phi) is 47.4. The summed E-state index contributed by atoms with van der Waals surface area (Å²) in [5.74, 6) is 0. The summed E-state index contributed by atoms with van der Waals surface area (Å²) in [6, 6.07) is 0.192. The van der Waals surface area contributed by atoms with Crippen LogP contribution in [0.4, 0.5) is 4.79 Å². The van der Waals surface area contributed by atoms with Crippen LogP contribution in [0, 0.1) is 0 Å². The van der Waals surface area contributed by atoms with Crippen LogP contribution in [0.5, 0.6) is 0 Å². The summed E-state index contributed by atoms with van der Waals surface area (Å²) in [4.78, 5) is 10.6. The molecule has 5 nitrogen and oxygen atoms in total. The van der Waals surface area contributed by atoms with Crippen molar-refractivity contribution >= 4 is 6.09 Å². The van der Waals surface area contributed by atoms with Crippen LogP contribution in [0.25, 0.3) is 0 Å². The molecule has 0 atom stereocenters. The van der Waals surface area contributed by atoms with Crippen LogP contribution in [0.1, 0.15) is 70.6 Å². The minimum absolute atomic E-state index is 0. The third kappa shape index (κ3) is 23.4. The van der Waals surface area contributed by atoms with Crippen molar-refractivity contribution < 1.29 is 76.8 Å². The number of amides is 1. The van der Waals surface area contributed by atoms with E-state index in [-0.39, 0.29) is 85.3 Å². The van der Waals surface area contributed by atoms with Gasteiger partial charge in [-0.05, 0) is 12.8 Å². The standard InChI is InChI=1S/C13H25NO2.2ClH.2H3N.2Pt/c15-13(16)14-12-10-8-6-4-2-1-3-5-7-9-11-12;;;;;;/h12,14H,1-11H2,(H,15,16);2*1H;2*1H3;;/q;;;;;2*+4/p-2. The van der Waals surface area contributed by atoms with Gasteiger partial charge in [-0.2, -0.15) is 0 Å². The van der Waals surface area contributed by atoms with E-state index >= 15 is 0 Å². The van der Waals surface area contributed by atoms with Gasteiger partial charge in [0.05, 0.1) is 0 Å². The fourth-order valence-electron chi connectivity index (χ4n) is 2.48. The molecule has 1 amide bonds. The third-order valence-corrected chi connectivity index (χ3v) is 3.43. The number of carbonyl (C=O) groups is 1. The van der Waals surface area contributed by atoms with E-state index in [4.69, 9.17) is 5.11 Å². The van der Waals surface area contributed by atoms with E-state index < -0.39 is 6.09 Å². The second-order valence-corrected chi connectivity index (χ2v) is 4.91.